The van der Waals surface area contributed by atoms with E-state index in [1.165, 1.54) is 6.08 Å². The molecule has 2 aromatic carbocycles. The number of ether oxygens (including phenoxy) is 3. The molecule has 15 nitrogen and oxygen atoms in total. The van der Waals surface area contributed by atoms with Gasteiger partial charge in [-0.05, 0) is 96.0 Å². The quantitative estimate of drug-likeness (QED) is 0.0964. The maximum Gasteiger partial charge on any atom is 0.416 e. The minimum atomic E-state index is -2.61. The molecule has 0 unspecified atom stereocenters. The predicted octanol–water partition coefficient (Wildman–Crippen LogP) is 10.1. The number of amides is 5. The zero-order valence-corrected chi connectivity index (χ0v) is 44.6. The fourth-order valence-corrected chi connectivity index (χ4v) is 15.9. The Morgan fingerprint density at radius 1 is 0.881 bits per heavy atom. The van der Waals surface area contributed by atoms with E-state index in [-0.39, 0.29) is 52.1 Å². The Balaban J connectivity index is 1.45. The van der Waals surface area contributed by atoms with E-state index >= 15 is 4.79 Å². The number of nitrogens with one attached hydrogen (secondary N) is 3. The van der Waals surface area contributed by atoms with E-state index in [0.29, 0.717) is 47.0 Å². The summed E-state index contributed by atoms with van der Waals surface area (Å²) in [5.41, 5.74) is 2.49. The average Bonchev–Trinajstić information content (AvgIpc) is 3.91. The first-order chi connectivity index (χ1) is 31.2. The number of fused-ring (bicyclic) bond motifs is 2. The molecule has 1 spiro atoms. The van der Waals surface area contributed by atoms with Crippen LogP contribution >= 0.6 is 0 Å². The predicted molar refractivity (Wildman–Crippen MR) is 266 cm³/mol. The highest BCUT2D eigenvalue weighted by Crippen LogP contribution is 2.58. The molecule has 2 aromatic rings. The lowest BCUT2D eigenvalue weighted by atomic mass is 10.0. The normalized spacial score (nSPS) is 18.8. The molecule has 5 amide bonds. The molecule has 3 N–H and O–H groups in total. The Morgan fingerprint density at radius 2 is 1.49 bits per heavy atom. The number of alkyl carbamates (subject to hydrolysis) is 1. The molecule has 3 aliphatic rings. The zero-order chi connectivity index (χ0) is 50.0. The van der Waals surface area contributed by atoms with Crippen LogP contribution in [0.25, 0.3) is 0 Å². The van der Waals surface area contributed by atoms with Crippen molar-refractivity contribution in [3.63, 3.8) is 0 Å². The van der Waals surface area contributed by atoms with Crippen molar-refractivity contribution in [2.24, 2.45) is 11.3 Å². The molecule has 67 heavy (non-hydrogen) atoms. The summed E-state index contributed by atoms with van der Waals surface area (Å²) in [6.07, 6.45) is 1.86. The van der Waals surface area contributed by atoms with Crippen molar-refractivity contribution in [1.82, 2.24) is 15.5 Å². The molecule has 2 aliphatic heterocycles. The number of nitrogens with zero attached hydrogens (tertiary/aromatic N) is 2. The SMILES string of the molecule is C=CCOC(=O)N[C@H](C(=O)N[C@@H](C)C(=O)Nc1ccc(COC(=O)N2c3cc(O[Si](C(C)C)(C(C)C)C(C)C)c(OC)cc3C(=O)N3CC4(CC4)C[C@H]3[C@@H]2O[Si](C)(C)C(C)(C)C)cc1)C(C)C. The maximum atomic E-state index is 15.1. The number of rotatable bonds is 18. The molecular weight excluding hydrogens is 887 g/mol. The third kappa shape index (κ3) is 11.5. The van der Waals surface area contributed by atoms with E-state index in [2.05, 4.69) is 97.9 Å². The van der Waals surface area contributed by atoms with Crippen molar-refractivity contribution in [1.29, 1.82) is 0 Å². The molecule has 5 rings (SSSR count). The highest BCUT2D eigenvalue weighted by atomic mass is 28.4. The van der Waals surface area contributed by atoms with Crippen LogP contribution in [0.2, 0.25) is 34.8 Å². The molecule has 0 aromatic heterocycles. The molecule has 2 heterocycles. The van der Waals surface area contributed by atoms with Crippen LogP contribution in [0.1, 0.15) is 118 Å². The molecule has 2 fully saturated rings. The monoisotopic (exact) mass is 964 g/mol. The fraction of sp³-hybridized carbons (Fsp3) is 0.620. The van der Waals surface area contributed by atoms with Crippen molar-refractivity contribution in [3.05, 3.63) is 60.2 Å². The van der Waals surface area contributed by atoms with Gasteiger partial charge in [-0.2, -0.15) is 0 Å². The van der Waals surface area contributed by atoms with Crippen molar-refractivity contribution in [2.45, 2.75) is 168 Å². The van der Waals surface area contributed by atoms with Crippen LogP contribution in [-0.2, 0) is 30.1 Å². The van der Waals surface area contributed by atoms with Crippen molar-refractivity contribution >= 4 is 57.9 Å². The van der Waals surface area contributed by atoms with Crippen LogP contribution in [0, 0.1) is 11.3 Å². The van der Waals surface area contributed by atoms with Gasteiger partial charge in [-0.25, -0.2) is 14.5 Å². The lowest BCUT2D eigenvalue weighted by Crippen LogP contribution is -2.58. The average molecular weight is 964 g/mol. The first-order valence-corrected chi connectivity index (χ1v) is 28.9. The largest absolute Gasteiger partial charge is 0.540 e. The van der Waals surface area contributed by atoms with Crippen LogP contribution in [-0.4, -0.2) is 96.1 Å². The summed E-state index contributed by atoms with van der Waals surface area (Å²) >= 11 is 0. The van der Waals surface area contributed by atoms with Crippen LogP contribution in [0.3, 0.4) is 0 Å². The second-order valence-corrected chi connectivity index (χ2v) is 31.6. The van der Waals surface area contributed by atoms with Crippen LogP contribution in [0.5, 0.6) is 11.5 Å². The highest BCUT2D eigenvalue weighted by Gasteiger charge is 2.60. The van der Waals surface area contributed by atoms with E-state index < -0.39 is 65.0 Å². The highest BCUT2D eigenvalue weighted by molar-refractivity contribution is 6.78. The first-order valence-electron chi connectivity index (χ1n) is 23.8. The third-order valence-corrected chi connectivity index (χ3v) is 24.9. The summed E-state index contributed by atoms with van der Waals surface area (Å²) in [6.45, 7) is 33.1. The molecule has 0 radical (unpaired) electrons. The number of carbonyl (C=O) groups excluding carboxylic acids is 5. The van der Waals surface area contributed by atoms with Crippen molar-refractivity contribution in [2.75, 3.05) is 30.5 Å². The number of hydrogen-bond donors (Lipinski definition) is 3. The molecule has 0 bridgehead atoms. The standard InChI is InChI=1S/C50H77N5O10Si2/c1-17-24-62-47(59)53-42(30(2)3)44(57)51-34(10)43(56)52-36-20-18-35(19-21-36)28-63-48(60)55-38-26-41(64-67(31(4)5,32(6)7)33(8)9)40(61-14)25-37(38)45(58)54-29-50(22-23-50)27-39(54)46(55)65-66(15,16)49(11,12)13/h17-21,25-26,30-34,39,42,46H,1,22-24,27-29H2,2-16H3,(H,51,57)(H,52,56)(H,53,59)/t34-,39-,42-,46-/m0/s1. The molecule has 1 saturated carbocycles. The third-order valence-electron chi connectivity index (χ3n) is 14.4. The zero-order valence-electron chi connectivity index (χ0n) is 42.6. The van der Waals surface area contributed by atoms with Crippen LogP contribution in [0.15, 0.2) is 49.1 Å². The van der Waals surface area contributed by atoms with Crippen LogP contribution in [0.4, 0.5) is 21.0 Å². The van der Waals surface area contributed by atoms with Gasteiger partial charge in [0, 0.05) is 18.3 Å². The Bertz CT molecular complexity index is 2130. The summed E-state index contributed by atoms with van der Waals surface area (Å²) in [5.74, 6) is -0.565. The summed E-state index contributed by atoms with van der Waals surface area (Å²) in [5, 5.41) is 7.80. The van der Waals surface area contributed by atoms with E-state index in [1.54, 1.807) is 69.2 Å². The Morgan fingerprint density at radius 3 is 2.01 bits per heavy atom. The van der Waals surface area contributed by atoms with E-state index in [9.17, 15) is 19.2 Å². The van der Waals surface area contributed by atoms with E-state index in [4.69, 9.17) is 23.1 Å². The number of methoxy groups -OCH3 is 1. The Hall–Kier alpha value is -4.88. The van der Waals surface area contributed by atoms with Gasteiger partial charge < -0.3 is 43.9 Å². The second-order valence-electron chi connectivity index (χ2n) is 21.5. The van der Waals surface area contributed by atoms with Gasteiger partial charge in [0.1, 0.15) is 31.0 Å². The lowest BCUT2D eigenvalue weighted by molar-refractivity contribution is -0.128. The smallest absolute Gasteiger partial charge is 0.416 e. The van der Waals surface area contributed by atoms with Gasteiger partial charge in [0.2, 0.25) is 11.8 Å². The summed E-state index contributed by atoms with van der Waals surface area (Å²) in [4.78, 5) is 72.0. The van der Waals surface area contributed by atoms with Crippen molar-refractivity contribution in [3.8, 4) is 11.5 Å². The number of benzene rings is 2. The fourth-order valence-electron chi connectivity index (χ4n) is 9.45. The molecule has 1 saturated heterocycles. The second kappa shape index (κ2) is 20.8. The topological polar surface area (TPSA) is 174 Å². The van der Waals surface area contributed by atoms with Gasteiger partial charge in [0.15, 0.2) is 20.3 Å². The van der Waals surface area contributed by atoms with Gasteiger partial charge in [-0.1, -0.05) is 101 Å². The lowest BCUT2D eigenvalue weighted by Gasteiger charge is -2.44. The van der Waals surface area contributed by atoms with Crippen molar-refractivity contribution < 1.29 is 47.0 Å². The Labute approximate surface area is 400 Å². The molecule has 1 aliphatic carbocycles. The van der Waals surface area contributed by atoms with Gasteiger partial charge in [-0.15, -0.1) is 0 Å². The number of anilines is 2. The molecule has 17 heteroatoms. The minimum absolute atomic E-state index is 0.00967. The number of hydrogen-bond acceptors (Lipinski definition) is 10. The van der Waals surface area contributed by atoms with Gasteiger partial charge in [0.25, 0.3) is 14.2 Å². The molecular formula is C50H77N5O10Si2. The Kier molecular flexibility index (Phi) is 16.5. The summed E-state index contributed by atoms with van der Waals surface area (Å²) < 4.78 is 31.8. The minimum Gasteiger partial charge on any atom is -0.540 e. The molecule has 370 valence electrons. The van der Waals surface area contributed by atoms with Gasteiger partial charge >= 0.3 is 12.2 Å². The van der Waals surface area contributed by atoms with Crippen LogP contribution < -0.4 is 30.0 Å². The van der Waals surface area contributed by atoms with Gasteiger partial charge in [-0.3, -0.25) is 14.4 Å². The van der Waals surface area contributed by atoms with E-state index in [0.717, 1.165) is 12.8 Å². The number of carbonyl (C=O) groups is 5. The van der Waals surface area contributed by atoms with Gasteiger partial charge in [0.05, 0.1) is 24.4 Å². The first kappa shape index (κ1) is 53.1. The van der Waals surface area contributed by atoms with E-state index in [1.807, 2.05) is 4.90 Å². The molecule has 4 atom stereocenters. The summed E-state index contributed by atoms with van der Waals surface area (Å²) in [7, 11) is -3.59. The summed E-state index contributed by atoms with van der Waals surface area (Å²) in [6, 6.07) is 8.09. The maximum absolute atomic E-state index is 15.1.